The van der Waals surface area contributed by atoms with Crippen molar-refractivity contribution in [1.82, 2.24) is 5.32 Å². The zero-order valence-electron chi connectivity index (χ0n) is 8.67. The van der Waals surface area contributed by atoms with Crippen molar-refractivity contribution in [2.24, 2.45) is 0 Å². The molecule has 0 radical (unpaired) electrons. The van der Waals surface area contributed by atoms with Gasteiger partial charge in [0.2, 0.25) is 0 Å². The zero-order valence-corrected chi connectivity index (χ0v) is 8.67. The highest BCUT2D eigenvalue weighted by Gasteiger charge is 2.06. The van der Waals surface area contributed by atoms with Crippen molar-refractivity contribution in [2.75, 3.05) is 6.54 Å². The van der Waals surface area contributed by atoms with Crippen LogP contribution in [0, 0.1) is 13.8 Å². The summed E-state index contributed by atoms with van der Waals surface area (Å²) in [6, 6.07) is 6.43. The summed E-state index contributed by atoms with van der Waals surface area (Å²) in [4.78, 5) is 0. The van der Waals surface area contributed by atoms with Gasteiger partial charge >= 0.3 is 0 Å². The molecule has 0 fully saturated rings. The van der Waals surface area contributed by atoms with Crippen molar-refractivity contribution in [1.29, 1.82) is 0 Å². The van der Waals surface area contributed by atoms with Crippen LogP contribution in [0.4, 0.5) is 0 Å². The second-order valence-corrected chi connectivity index (χ2v) is 3.64. The highest BCUT2D eigenvalue weighted by Crippen LogP contribution is 2.20. The molecular formula is C13H15N. The van der Waals surface area contributed by atoms with E-state index in [1.807, 2.05) is 0 Å². The molecule has 1 heteroatoms. The minimum absolute atomic E-state index is 0.930. The van der Waals surface area contributed by atoms with Gasteiger partial charge in [0.15, 0.2) is 0 Å². The lowest BCUT2D eigenvalue weighted by Gasteiger charge is -2.15. The van der Waals surface area contributed by atoms with E-state index in [-0.39, 0.29) is 0 Å². The van der Waals surface area contributed by atoms with E-state index < -0.39 is 0 Å². The summed E-state index contributed by atoms with van der Waals surface area (Å²) in [5.41, 5.74) is 5.25. The zero-order chi connectivity index (χ0) is 9.97. The molecule has 0 aromatic heterocycles. The van der Waals surface area contributed by atoms with Crippen molar-refractivity contribution < 1.29 is 0 Å². The average Bonchev–Trinajstić information content (AvgIpc) is 2.23. The molecule has 72 valence electrons. The summed E-state index contributed by atoms with van der Waals surface area (Å²) in [6.07, 6.45) is 6.35. The van der Waals surface area contributed by atoms with E-state index in [9.17, 15) is 0 Å². The van der Waals surface area contributed by atoms with Crippen molar-refractivity contribution in [3.05, 3.63) is 53.1 Å². The highest BCUT2D eigenvalue weighted by molar-refractivity contribution is 5.69. The van der Waals surface area contributed by atoms with E-state index >= 15 is 0 Å². The van der Waals surface area contributed by atoms with Crippen LogP contribution < -0.4 is 5.32 Å². The van der Waals surface area contributed by atoms with E-state index in [4.69, 9.17) is 0 Å². The fourth-order valence-corrected chi connectivity index (χ4v) is 1.69. The summed E-state index contributed by atoms with van der Waals surface area (Å²) in [6.45, 7) is 5.25. The second-order valence-electron chi connectivity index (χ2n) is 3.64. The molecule has 2 rings (SSSR count). The Morgan fingerprint density at radius 2 is 2.07 bits per heavy atom. The average molecular weight is 185 g/mol. The lowest BCUT2D eigenvalue weighted by molar-refractivity contribution is 0.991. The van der Waals surface area contributed by atoms with Gasteiger partial charge in [-0.3, -0.25) is 0 Å². The lowest BCUT2D eigenvalue weighted by atomic mass is 10.00. The molecule has 0 unspecified atom stereocenters. The molecule has 1 aromatic rings. The van der Waals surface area contributed by atoms with Gasteiger partial charge in [-0.25, -0.2) is 0 Å². The van der Waals surface area contributed by atoms with Crippen LogP contribution in [0.2, 0.25) is 0 Å². The summed E-state index contributed by atoms with van der Waals surface area (Å²) >= 11 is 0. The van der Waals surface area contributed by atoms with Gasteiger partial charge in [-0.15, -0.1) is 0 Å². The fourth-order valence-electron chi connectivity index (χ4n) is 1.69. The molecule has 1 aromatic carbocycles. The van der Waals surface area contributed by atoms with E-state index in [1.54, 1.807) is 0 Å². The second kappa shape index (κ2) is 3.70. The molecule has 1 N–H and O–H groups in total. The Balaban J connectivity index is 2.45. The first-order valence-corrected chi connectivity index (χ1v) is 4.96. The van der Waals surface area contributed by atoms with Crippen LogP contribution in [0.3, 0.4) is 0 Å². The third-order valence-electron chi connectivity index (χ3n) is 2.70. The standard InChI is InChI=1S/C13H15N/c1-10-6-5-7-12(11(10)2)13-8-3-4-9-14-13/h3-8,14H,9H2,1-2H3. The quantitative estimate of drug-likeness (QED) is 0.709. The molecule has 14 heavy (non-hydrogen) atoms. The molecular weight excluding hydrogens is 170 g/mol. The smallest absolute Gasteiger partial charge is 0.0418 e. The number of nitrogens with one attached hydrogen (secondary N) is 1. The first-order valence-electron chi connectivity index (χ1n) is 4.96. The Hall–Kier alpha value is -1.50. The fraction of sp³-hybridized carbons (Fsp3) is 0.231. The summed E-state index contributed by atoms with van der Waals surface area (Å²) in [7, 11) is 0. The third kappa shape index (κ3) is 1.58. The monoisotopic (exact) mass is 185 g/mol. The number of allylic oxidation sites excluding steroid dienone is 2. The Bertz CT molecular complexity index is 400. The SMILES string of the molecule is Cc1cccc(C2=CC=CCN2)c1C. The van der Waals surface area contributed by atoms with Crippen LogP contribution in [-0.4, -0.2) is 6.54 Å². The molecule has 0 atom stereocenters. The van der Waals surface area contributed by atoms with Crippen LogP contribution in [0.1, 0.15) is 16.7 Å². The first-order chi connectivity index (χ1) is 6.79. The predicted molar refractivity (Wildman–Crippen MR) is 61.0 cm³/mol. The van der Waals surface area contributed by atoms with Gasteiger partial charge in [0.25, 0.3) is 0 Å². The lowest BCUT2D eigenvalue weighted by Crippen LogP contribution is -2.15. The topological polar surface area (TPSA) is 12.0 Å². The highest BCUT2D eigenvalue weighted by atomic mass is 14.9. The van der Waals surface area contributed by atoms with Gasteiger partial charge < -0.3 is 5.32 Å². The summed E-state index contributed by atoms with van der Waals surface area (Å²) in [5.74, 6) is 0. The maximum Gasteiger partial charge on any atom is 0.0418 e. The number of benzene rings is 1. The molecule has 1 aliphatic heterocycles. The molecule has 1 nitrogen and oxygen atoms in total. The maximum atomic E-state index is 3.38. The number of hydrogen-bond acceptors (Lipinski definition) is 1. The van der Waals surface area contributed by atoms with Crippen LogP contribution in [0.5, 0.6) is 0 Å². The van der Waals surface area contributed by atoms with Gasteiger partial charge in [0.05, 0.1) is 0 Å². The van der Waals surface area contributed by atoms with Crippen LogP contribution in [0.25, 0.3) is 5.70 Å². The Morgan fingerprint density at radius 1 is 1.21 bits per heavy atom. The van der Waals surface area contributed by atoms with Crippen molar-refractivity contribution in [3.8, 4) is 0 Å². The molecule has 1 heterocycles. The molecule has 1 aliphatic rings. The van der Waals surface area contributed by atoms with Crippen LogP contribution in [-0.2, 0) is 0 Å². The molecule has 0 amide bonds. The molecule has 0 saturated carbocycles. The minimum Gasteiger partial charge on any atom is -0.381 e. The molecule has 0 bridgehead atoms. The van der Waals surface area contributed by atoms with Crippen molar-refractivity contribution in [3.63, 3.8) is 0 Å². The normalized spacial score (nSPS) is 14.9. The van der Waals surface area contributed by atoms with Gasteiger partial charge in [0, 0.05) is 17.8 Å². The van der Waals surface area contributed by atoms with Crippen molar-refractivity contribution in [2.45, 2.75) is 13.8 Å². The first kappa shape index (κ1) is 9.07. The number of hydrogen-bond donors (Lipinski definition) is 1. The Morgan fingerprint density at radius 3 is 2.79 bits per heavy atom. The van der Waals surface area contributed by atoms with Gasteiger partial charge in [0.1, 0.15) is 0 Å². The number of rotatable bonds is 1. The van der Waals surface area contributed by atoms with Gasteiger partial charge in [-0.1, -0.05) is 30.4 Å². The summed E-state index contributed by atoms with van der Waals surface area (Å²) < 4.78 is 0. The Kier molecular flexibility index (Phi) is 2.40. The summed E-state index contributed by atoms with van der Waals surface area (Å²) in [5, 5.41) is 3.38. The van der Waals surface area contributed by atoms with E-state index in [0.717, 1.165) is 6.54 Å². The third-order valence-corrected chi connectivity index (χ3v) is 2.70. The largest absolute Gasteiger partial charge is 0.381 e. The van der Waals surface area contributed by atoms with Gasteiger partial charge in [-0.2, -0.15) is 0 Å². The number of aryl methyl sites for hydroxylation is 1. The van der Waals surface area contributed by atoms with Crippen molar-refractivity contribution >= 4 is 5.70 Å². The predicted octanol–water partition coefficient (Wildman–Crippen LogP) is 2.80. The van der Waals surface area contributed by atoms with Crippen LogP contribution in [0.15, 0.2) is 36.4 Å². The van der Waals surface area contributed by atoms with E-state index in [2.05, 4.69) is 55.6 Å². The maximum absolute atomic E-state index is 3.38. The van der Waals surface area contributed by atoms with E-state index in [1.165, 1.54) is 22.4 Å². The van der Waals surface area contributed by atoms with E-state index in [0.29, 0.717) is 0 Å². The molecule has 0 saturated heterocycles. The van der Waals surface area contributed by atoms with Gasteiger partial charge in [-0.05, 0) is 31.1 Å². The molecule has 0 aliphatic carbocycles. The minimum atomic E-state index is 0.930. The Labute approximate surface area is 85.2 Å². The number of dihydropyridines is 1. The van der Waals surface area contributed by atoms with Crippen LogP contribution >= 0.6 is 0 Å². The molecule has 0 spiro atoms.